The lowest BCUT2D eigenvalue weighted by Crippen LogP contribution is -2.46. The van der Waals surface area contributed by atoms with Crippen LogP contribution in [0.1, 0.15) is 17.0 Å². The first-order chi connectivity index (χ1) is 13.6. The van der Waals surface area contributed by atoms with Crippen LogP contribution in [0.3, 0.4) is 0 Å². The van der Waals surface area contributed by atoms with Crippen LogP contribution in [0.15, 0.2) is 36.4 Å². The molecule has 1 saturated heterocycles. The van der Waals surface area contributed by atoms with E-state index in [4.69, 9.17) is 4.74 Å². The standard InChI is InChI=1S/C21H29N5O2/c1-16-14-17(2)24-21(23-16)25-19(15-18-6-4-3-5-7-18)20(27)22-8-9-26-10-12-28-13-11-26/h3-7,14,19H,8-13,15H2,1-2H3,(H,22,27)(H,23,24,25)/t19-/m1/s1. The molecular formula is C21H29N5O2. The molecule has 1 atom stereocenters. The summed E-state index contributed by atoms with van der Waals surface area (Å²) in [6.07, 6.45) is 0.570. The quantitative estimate of drug-likeness (QED) is 0.720. The smallest absolute Gasteiger partial charge is 0.242 e. The second-order valence-corrected chi connectivity index (χ2v) is 7.11. The molecule has 1 aromatic heterocycles. The van der Waals surface area contributed by atoms with Crippen LogP contribution in [0.4, 0.5) is 5.95 Å². The average Bonchev–Trinajstić information content (AvgIpc) is 2.68. The van der Waals surface area contributed by atoms with Crippen LogP contribution in [0.2, 0.25) is 0 Å². The first kappa shape index (κ1) is 20.2. The van der Waals surface area contributed by atoms with Gasteiger partial charge in [0.15, 0.2) is 0 Å². The van der Waals surface area contributed by atoms with Crippen molar-refractivity contribution >= 4 is 11.9 Å². The highest BCUT2D eigenvalue weighted by Crippen LogP contribution is 2.10. The third-order valence-electron chi connectivity index (χ3n) is 4.72. The number of aromatic nitrogens is 2. The molecule has 7 heteroatoms. The minimum absolute atomic E-state index is 0.0418. The highest BCUT2D eigenvalue weighted by molar-refractivity contribution is 5.84. The van der Waals surface area contributed by atoms with E-state index in [0.29, 0.717) is 18.9 Å². The molecule has 7 nitrogen and oxygen atoms in total. The summed E-state index contributed by atoms with van der Waals surface area (Å²) >= 11 is 0. The SMILES string of the molecule is Cc1cc(C)nc(N[C@H](Cc2ccccc2)C(=O)NCCN2CCOCC2)n1. The Labute approximate surface area is 166 Å². The lowest BCUT2D eigenvalue weighted by Gasteiger charge is -2.27. The third kappa shape index (κ3) is 6.28. The number of carbonyl (C=O) groups is 1. The lowest BCUT2D eigenvalue weighted by molar-refractivity contribution is -0.121. The molecule has 1 aliphatic heterocycles. The van der Waals surface area contributed by atoms with E-state index in [1.54, 1.807) is 0 Å². The van der Waals surface area contributed by atoms with Crippen molar-refractivity contribution < 1.29 is 9.53 Å². The molecule has 2 N–H and O–H groups in total. The van der Waals surface area contributed by atoms with Crippen molar-refractivity contribution in [3.05, 3.63) is 53.3 Å². The van der Waals surface area contributed by atoms with Crippen molar-refractivity contribution in [2.45, 2.75) is 26.3 Å². The number of hydrogen-bond donors (Lipinski definition) is 2. The van der Waals surface area contributed by atoms with Gasteiger partial charge in [0, 0.05) is 44.0 Å². The zero-order valence-corrected chi connectivity index (χ0v) is 16.6. The topological polar surface area (TPSA) is 79.4 Å². The van der Waals surface area contributed by atoms with Crippen molar-refractivity contribution in [3.63, 3.8) is 0 Å². The molecule has 1 amide bonds. The van der Waals surface area contributed by atoms with Gasteiger partial charge in [-0.3, -0.25) is 9.69 Å². The Morgan fingerprint density at radius 2 is 1.82 bits per heavy atom. The van der Waals surface area contributed by atoms with Crippen molar-refractivity contribution in [1.29, 1.82) is 0 Å². The Hall–Kier alpha value is -2.51. The predicted octanol–water partition coefficient (Wildman–Crippen LogP) is 1.57. The fourth-order valence-electron chi connectivity index (χ4n) is 3.29. The molecule has 1 fully saturated rings. The van der Waals surface area contributed by atoms with Crippen LogP contribution < -0.4 is 10.6 Å². The molecule has 3 rings (SSSR count). The maximum absolute atomic E-state index is 12.9. The van der Waals surface area contributed by atoms with Gasteiger partial charge in [-0.1, -0.05) is 30.3 Å². The summed E-state index contributed by atoms with van der Waals surface area (Å²) in [6.45, 7) is 8.64. The summed E-state index contributed by atoms with van der Waals surface area (Å²) in [7, 11) is 0. The van der Waals surface area contributed by atoms with Gasteiger partial charge in [-0.15, -0.1) is 0 Å². The van der Waals surface area contributed by atoms with E-state index in [1.165, 1.54) is 0 Å². The van der Waals surface area contributed by atoms with Gasteiger partial charge in [0.25, 0.3) is 0 Å². The molecule has 1 aliphatic rings. The molecule has 0 unspecified atom stereocenters. The number of amides is 1. The zero-order chi connectivity index (χ0) is 19.8. The van der Waals surface area contributed by atoms with Crippen molar-refractivity contribution in [3.8, 4) is 0 Å². The molecule has 0 aliphatic carbocycles. The fraction of sp³-hybridized carbons (Fsp3) is 0.476. The molecule has 0 saturated carbocycles. The van der Waals surface area contributed by atoms with E-state index in [9.17, 15) is 4.79 Å². The van der Waals surface area contributed by atoms with Gasteiger partial charge in [-0.05, 0) is 25.5 Å². The van der Waals surface area contributed by atoms with Crippen LogP contribution in [0.5, 0.6) is 0 Å². The zero-order valence-electron chi connectivity index (χ0n) is 16.6. The van der Waals surface area contributed by atoms with E-state index in [1.807, 2.05) is 50.2 Å². The Morgan fingerprint density at radius 1 is 1.14 bits per heavy atom. The van der Waals surface area contributed by atoms with Crippen LogP contribution >= 0.6 is 0 Å². The Balaban J connectivity index is 1.63. The van der Waals surface area contributed by atoms with Gasteiger partial charge >= 0.3 is 0 Å². The number of ether oxygens (including phenoxy) is 1. The van der Waals surface area contributed by atoms with Crippen molar-refractivity contribution in [2.75, 3.05) is 44.7 Å². The molecule has 1 aromatic carbocycles. The van der Waals surface area contributed by atoms with Gasteiger partial charge in [0.05, 0.1) is 13.2 Å². The van der Waals surface area contributed by atoms with Gasteiger partial charge < -0.3 is 15.4 Å². The fourth-order valence-corrected chi connectivity index (χ4v) is 3.29. The summed E-state index contributed by atoms with van der Waals surface area (Å²) in [5, 5.41) is 6.29. The summed E-state index contributed by atoms with van der Waals surface area (Å²) in [4.78, 5) is 24.0. The van der Waals surface area contributed by atoms with Crippen LogP contribution in [0.25, 0.3) is 0 Å². The molecule has 28 heavy (non-hydrogen) atoms. The second-order valence-electron chi connectivity index (χ2n) is 7.11. The van der Waals surface area contributed by atoms with Gasteiger partial charge in [-0.25, -0.2) is 9.97 Å². The number of nitrogens with one attached hydrogen (secondary N) is 2. The Morgan fingerprint density at radius 3 is 2.50 bits per heavy atom. The van der Waals surface area contributed by atoms with E-state index in [2.05, 4.69) is 25.5 Å². The van der Waals surface area contributed by atoms with Crippen molar-refractivity contribution in [1.82, 2.24) is 20.2 Å². The predicted molar refractivity (Wildman–Crippen MR) is 109 cm³/mol. The Kier molecular flexibility index (Phi) is 7.33. The van der Waals surface area contributed by atoms with Crippen LogP contribution in [0, 0.1) is 13.8 Å². The number of carbonyl (C=O) groups excluding carboxylic acids is 1. The monoisotopic (exact) mass is 383 g/mol. The highest BCUT2D eigenvalue weighted by atomic mass is 16.5. The number of morpholine rings is 1. The Bertz CT molecular complexity index is 742. The summed E-state index contributed by atoms with van der Waals surface area (Å²) in [5.41, 5.74) is 2.84. The first-order valence-corrected chi connectivity index (χ1v) is 9.81. The number of nitrogens with zero attached hydrogens (tertiary/aromatic N) is 3. The number of aryl methyl sites for hydroxylation is 2. The van der Waals surface area contributed by atoms with Gasteiger partial charge in [0.1, 0.15) is 6.04 Å². The first-order valence-electron chi connectivity index (χ1n) is 9.81. The normalized spacial score (nSPS) is 15.8. The van der Waals surface area contributed by atoms with E-state index >= 15 is 0 Å². The van der Waals surface area contributed by atoms with E-state index in [0.717, 1.165) is 49.8 Å². The van der Waals surface area contributed by atoms with Crippen molar-refractivity contribution in [2.24, 2.45) is 0 Å². The summed E-state index contributed by atoms with van der Waals surface area (Å²) < 4.78 is 5.36. The number of anilines is 1. The second kappa shape index (κ2) is 10.1. The molecule has 2 aromatic rings. The molecular weight excluding hydrogens is 354 g/mol. The maximum Gasteiger partial charge on any atom is 0.242 e. The molecule has 2 heterocycles. The summed E-state index contributed by atoms with van der Waals surface area (Å²) in [5.74, 6) is 0.446. The van der Waals surface area contributed by atoms with Crippen LogP contribution in [-0.2, 0) is 16.0 Å². The number of benzene rings is 1. The number of rotatable bonds is 8. The minimum atomic E-state index is -0.437. The average molecular weight is 383 g/mol. The lowest BCUT2D eigenvalue weighted by atomic mass is 10.1. The third-order valence-corrected chi connectivity index (χ3v) is 4.72. The maximum atomic E-state index is 12.9. The molecule has 150 valence electrons. The number of hydrogen-bond acceptors (Lipinski definition) is 6. The summed E-state index contributed by atoms with van der Waals surface area (Å²) in [6, 6.07) is 11.5. The van der Waals surface area contributed by atoms with Gasteiger partial charge in [0.2, 0.25) is 11.9 Å². The van der Waals surface area contributed by atoms with Gasteiger partial charge in [-0.2, -0.15) is 0 Å². The largest absolute Gasteiger partial charge is 0.379 e. The molecule has 0 spiro atoms. The highest BCUT2D eigenvalue weighted by Gasteiger charge is 2.20. The van der Waals surface area contributed by atoms with E-state index < -0.39 is 6.04 Å². The van der Waals surface area contributed by atoms with E-state index in [-0.39, 0.29) is 5.91 Å². The molecule has 0 radical (unpaired) electrons. The molecule has 0 bridgehead atoms. The minimum Gasteiger partial charge on any atom is -0.379 e. The van der Waals surface area contributed by atoms with Crippen LogP contribution in [-0.4, -0.2) is 66.2 Å².